The number of carbonyl (C=O) groups excluding carboxylic acids is 1. The van der Waals surface area contributed by atoms with Crippen LogP contribution in [0.1, 0.15) is 39.3 Å². The van der Waals surface area contributed by atoms with Gasteiger partial charge >= 0.3 is 6.09 Å². The van der Waals surface area contributed by atoms with Gasteiger partial charge in [0.2, 0.25) is 0 Å². The van der Waals surface area contributed by atoms with Crippen LogP contribution in [0.4, 0.5) is 4.79 Å². The van der Waals surface area contributed by atoms with Gasteiger partial charge in [0, 0.05) is 17.4 Å². The Hall–Kier alpha value is -2.05. The van der Waals surface area contributed by atoms with Gasteiger partial charge in [0.1, 0.15) is 5.60 Å². The molecule has 3 rings (SSSR count). The fourth-order valence-corrected chi connectivity index (χ4v) is 3.44. The molecule has 6 nitrogen and oxygen atoms in total. The number of aromatic nitrogens is 2. The second-order valence-corrected chi connectivity index (χ2v) is 8.65. The fraction of sp³-hybridized carbons (Fsp3) is 0.524. The Bertz CT molecular complexity index is 771. The summed E-state index contributed by atoms with van der Waals surface area (Å²) in [5.74, 6) is 0. The van der Waals surface area contributed by atoms with Crippen LogP contribution in [0.25, 0.3) is 0 Å². The lowest BCUT2D eigenvalue weighted by molar-refractivity contribution is -0.0853. The van der Waals surface area contributed by atoms with E-state index in [4.69, 9.17) is 21.1 Å². The van der Waals surface area contributed by atoms with Crippen LogP contribution in [0.15, 0.2) is 42.7 Å². The molecule has 0 saturated carbocycles. The van der Waals surface area contributed by atoms with Crippen molar-refractivity contribution < 1.29 is 14.3 Å². The molecular weight excluding hydrogens is 378 g/mol. The van der Waals surface area contributed by atoms with E-state index in [-0.39, 0.29) is 24.3 Å². The number of rotatable bonds is 4. The highest BCUT2D eigenvalue weighted by Gasteiger charge is 2.37. The highest BCUT2D eigenvalue weighted by Crippen LogP contribution is 2.25. The second-order valence-electron chi connectivity index (χ2n) is 8.22. The third-order valence-corrected chi connectivity index (χ3v) is 5.06. The quantitative estimate of drug-likeness (QED) is 0.759. The number of halogens is 1. The summed E-state index contributed by atoms with van der Waals surface area (Å²) in [6.07, 6.45) is 3.86. The number of ether oxygens (including phenoxy) is 2. The molecule has 1 aromatic heterocycles. The molecule has 1 aliphatic rings. The van der Waals surface area contributed by atoms with E-state index in [0.29, 0.717) is 24.6 Å². The molecule has 3 atom stereocenters. The number of hydrogen-bond acceptors (Lipinski definition) is 4. The molecule has 1 aromatic carbocycles. The van der Waals surface area contributed by atoms with Gasteiger partial charge in [-0.1, -0.05) is 23.7 Å². The topological polar surface area (TPSA) is 56.6 Å². The zero-order valence-electron chi connectivity index (χ0n) is 16.8. The van der Waals surface area contributed by atoms with Gasteiger partial charge in [-0.2, -0.15) is 5.10 Å². The molecule has 152 valence electrons. The zero-order valence-corrected chi connectivity index (χ0v) is 17.6. The monoisotopic (exact) mass is 405 g/mol. The molecule has 0 bridgehead atoms. The zero-order chi connectivity index (χ0) is 20.3. The lowest BCUT2D eigenvalue weighted by Crippen LogP contribution is -2.55. The lowest BCUT2D eigenvalue weighted by Gasteiger charge is -2.42. The summed E-state index contributed by atoms with van der Waals surface area (Å²) in [5, 5.41) is 5.00. The molecule has 2 aromatic rings. The summed E-state index contributed by atoms with van der Waals surface area (Å²) in [5.41, 5.74) is 0.550. The molecule has 0 N–H and O–H groups in total. The van der Waals surface area contributed by atoms with Crippen molar-refractivity contribution in [3.8, 4) is 0 Å². The summed E-state index contributed by atoms with van der Waals surface area (Å²) in [7, 11) is 0. The molecule has 0 radical (unpaired) electrons. The normalized spacial score (nSPS) is 21.4. The molecule has 2 heterocycles. The first-order valence-electron chi connectivity index (χ1n) is 9.58. The van der Waals surface area contributed by atoms with Crippen molar-refractivity contribution >= 4 is 17.7 Å². The maximum absolute atomic E-state index is 12.9. The van der Waals surface area contributed by atoms with E-state index in [1.807, 2.05) is 68.9 Å². The number of hydrogen-bond donors (Lipinski definition) is 0. The van der Waals surface area contributed by atoms with Gasteiger partial charge in [-0.15, -0.1) is 0 Å². The van der Waals surface area contributed by atoms with Gasteiger partial charge < -0.3 is 9.47 Å². The summed E-state index contributed by atoms with van der Waals surface area (Å²) in [4.78, 5) is 14.7. The highest BCUT2D eigenvalue weighted by molar-refractivity contribution is 6.30. The first-order valence-corrected chi connectivity index (χ1v) is 9.95. The molecule has 0 spiro atoms. The molecule has 1 fully saturated rings. The highest BCUT2D eigenvalue weighted by atomic mass is 35.5. The molecule has 1 aliphatic heterocycles. The summed E-state index contributed by atoms with van der Waals surface area (Å²) >= 11 is 5.99. The maximum atomic E-state index is 12.9. The number of nitrogens with zero attached hydrogens (tertiary/aromatic N) is 3. The smallest absolute Gasteiger partial charge is 0.410 e. The van der Waals surface area contributed by atoms with E-state index in [0.717, 1.165) is 5.56 Å². The van der Waals surface area contributed by atoms with E-state index < -0.39 is 5.60 Å². The van der Waals surface area contributed by atoms with Crippen molar-refractivity contribution in [3.63, 3.8) is 0 Å². The van der Waals surface area contributed by atoms with E-state index in [2.05, 4.69) is 5.10 Å². The molecule has 1 amide bonds. The van der Waals surface area contributed by atoms with Crippen molar-refractivity contribution in [3.05, 3.63) is 53.3 Å². The first-order chi connectivity index (χ1) is 13.2. The average molecular weight is 406 g/mol. The van der Waals surface area contributed by atoms with Crippen molar-refractivity contribution in [1.82, 2.24) is 14.7 Å². The van der Waals surface area contributed by atoms with Crippen molar-refractivity contribution in [2.24, 2.45) is 0 Å². The van der Waals surface area contributed by atoms with Gasteiger partial charge in [0.25, 0.3) is 0 Å². The van der Waals surface area contributed by atoms with E-state index in [1.54, 1.807) is 11.1 Å². The van der Waals surface area contributed by atoms with Crippen LogP contribution in [0, 0.1) is 0 Å². The van der Waals surface area contributed by atoms with Crippen LogP contribution in [0.2, 0.25) is 5.02 Å². The Morgan fingerprint density at radius 2 is 2.07 bits per heavy atom. The summed E-state index contributed by atoms with van der Waals surface area (Å²) in [6, 6.07) is 9.48. The Labute approximate surface area is 171 Å². The number of morpholine rings is 1. The lowest BCUT2D eigenvalue weighted by atomic mass is 10.0. The maximum Gasteiger partial charge on any atom is 0.410 e. The average Bonchev–Trinajstić information content (AvgIpc) is 3.16. The van der Waals surface area contributed by atoms with Gasteiger partial charge in [-0.3, -0.25) is 9.58 Å². The SMILES string of the molecule is C[C@@H]([C@H]1CN(C(=O)OC(C)(C)C)[C@@H](Cc2ccc(Cl)cc2)CO1)n1cccn1. The Morgan fingerprint density at radius 3 is 2.68 bits per heavy atom. The second kappa shape index (κ2) is 8.53. The summed E-state index contributed by atoms with van der Waals surface area (Å²) < 4.78 is 13.7. The Morgan fingerprint density at radius 1 is 1.36 bits per heavy atom. The van der Waals surface area contributed by atoms with Crippen molar-refractivity contribution in [1.29, 1.82) is 0 Å². The molecule has 0 aliphatic carbocycles. The minimum atomic E-state index is -0.552. The van der Waals surface area contributed by atoms with Crippen LogP contribution in [-0.2, 0) is 15.9 Å². The Kier molecular flexibility index (Phi) is 6.30. The van der Waals surface area contributed by atoms with Gasteiger partial charge in [0.15, 0.2) is 0 Å². The van der Waals surface area contributed by atoms with E-state index >= 15 is 0 Å². The van der Waals surface area contributed by atoms with Gasteiger partial charge in [-0.05, 0) is 57.9 Å². The summed E-state index contributed by atoms with van der Waals surface area (Å²) in [6.45, 7) is 8.58. The third kappa shape index (κ3) is 5.26. The third-order valence-electron chi connectivity index (χ3n) is 4.81. The Balaban J connectivity index is 1.76. The van der Waals surface area contributed by atoms with Crippen LogP contribution >= 0.6 is 11.6 Å². The van der Waals surface area contributed by atoms with Gasteiger partial charge in [0.05, 0.1) is 31.3 Å². The molecule has 0 unspecified atom stereocenters. The van der Waals surface area contributed by atoms with Crippen molar-refractivity contribution in [2.45, 2.75) is 57.9 Å². The number of benzene rings is 1. The molecule has 7 heteroatoms. The number of carbonyl (C=O) groups is 1. The van der Waals surface area contributed by atoms with Crippen molar-refractivity contribution in [2.75, 3.05) is 13.2 Å². The first kappa shape index (κ1) is 20.7. The van der Waals surface area contributed by atoms with E-state index in [9.17, 15) is 4.79 Å². The fourth-order valence-electron chi connectivity index (χ4n) is 3.31. The minimum Gasteiger partial charge on any atom is -0.444 e. The predicted molar refractivity (Wildman–Crippen MR) is 109 cm³/mol. The number of amides is 1. The standard InChI is InChI=1S/C21H28ClN3O3/c1-15(25-11-5-10-23-25)19-13-24(20(26)28-21(2,3)4)18(14-27-19)12-16-6-8-17(22)9-7-16/h5-11,15,18-19H,12-14H2,1-4H3/t15-,18-,19+/m0/s1. The van der Waals surface area contributed by atoms with Gasteiger partial charge in [-0.25, -0.2) is 4.79 Å². The van der Waals surface area contributed by atoms with Crippen LogP contribution < -0.4 is 0 Å². The van der Waals surface area contributed by atoms with Crippen LogP contribution in [0.5, 0.6) is 0 Å². The molecule has 1 saturated heterocycles. The van der Waals surface area contributed by atoms with Crippen LogP contribution in [0.3, 0.4) is 0 Å². The molecule has 28 heavy (non-hydrogen) atoms. The van der Waals surface area contributed by atoms with Crippen LogP contribution in [-0.4, -0.2) is 51.7 Å². The largest absolute Gasteiger partial charge is 0.444 e. The molecular formula is C21H28ClN3O3. The minimum absolute atomic E-state index is 0.0106. The predicted octanol–water partition coefficient (Wildman–Crippen LogP) is 4.34. The van der Waals surface area contributed by atoms with E-state index in [1.165, 1.54) is 0 Å².